The number of piperidine rings is 1. The maximum Gasteiger partial charge on any atom is 0.157 e. The van der Waals surface area contributed by atoms with Gasteiger partial charge in [-0.15, -0.1) is 11.3 Å². The van der Waals surface area contributed by atoms with Crippen LogP contribution in [-0.2, 0) is 20.0 Å². The van der Waals surface area contributed by atoms with E-state index in [2.05, 4.69) is 69.5 Å². The van der Waals surface area contributed by atoms with Crippen molar-refractivity contribution in [2.24, 2.45) is 7.05 Å². The zero-order valence-electron chi connectivity index (χ0n) is 20.0. The van der Waals surface area contributed by atoms with Crippen molar-refractivity contribution >= 4 is 21.6 Å². The molecule has 0 atom stereocenters. The first-order chi connectivity index (χ1) is 16.7. The molecule has 3 aromatic heterocycles. The Morgan fingerprint density at radius 1 is 1.09 bits per heavy atom. The van der Waals surface area contributed by atoms with Crippen LogP contribution in [0.3, 0.4) is 0 Å². The van der Waals surface area contributed by atoms with Crippen LogP contribution in [0, 0.1) is 0 Å². The van der Waals surface area contributed by atoms with Gasteiger partial charge >= 0.3 is 0 Å². The van der Waals surface area contributed by atoms with Crippen molar-refractivity contribution in [1.82, 2.24) is 19.4 Å². The first kappa shape index (κ1) is 21.9. The molecule has 178 valence electrons. The lowest BCUT2D eigenvalue weighted by atomic mass is 9.83. The van der Waals surface area contributed by atoms with Crippen LogP contribution in [0.2, 0.25) is 0 Å². The van der Waals surface area contributed by atoms with E-state index in [1.54, 1.807) is 0 Å². The van der Waals surface area contributed by atoms with Crippen LogP contribution < -0.4 is 10.1 Å². The van der Waals surface area contributed by atoms with Gasteiger partial charge in [0.25, 0.3) is 0 Å². The smallest absolute Gasteiger partial charge is 0.157 e. The Morgan fingerprint density at radius 3 is 2.65 bits per heavy atom. The number of thiophene rings is 1. The Hall–Kier alpha value is -2.57. The molecule has 6 heteroatoms. The summed E-state index contributed by atoms with van der Waals surface area (Å²) in [5.41, 5.74) is 5.18. The van der Waals surface area contributed by atoms with E-state index in [1.165, 1.54) is 46.4 Å². The van der Waals surface area contributed by atoms with E-state index in [0.29, 0.717) is 12.0 Å². The van der Waals surface area contributed by atoms with E-state index in [9.17, 15) is 0 Å². The van der Waals surface area contributed by atoms with Crippen LogP contribution in [0.15, 0.2) is 48.0 Å². The van der Waals surface area contributed by atoms with Crippen LogP contribution in [0.25, 0.3) is 21.7 Å². The molecule has 34 heavy (non-hydrogen) atoms. The molecule has 2 aliphatic rings. The fraction of sp³-hybridized carbons (Fsp3) is 0.464. The molecule has 1 saturated heterocycles. The quantitative estimate of drug-likeness (QED) is 0.334. The third-order valence-corrected chi connectivity index (χ3v) is 8.44. The minimum Gasteiger partial charge on any atom is -0.490 e. The second-order valence-corrected chi connectivity index (χ2v) is 10.8. The second kappa shape index (κ2) is 9.59. The average Bonchev–Trinajstić information content (AvgIpc) is 3.51. The molecular formula is C28H34N4OS. The number of fused-ring (bicyclic) bond motifs is 1. The monoisotopic (exact) mass is 474 g/mol. The lowest BCUT2D eigenvalue weighted by Crippen LogP contribution is -2.34. The molecule has 0 spiro atoms. The predicted molar refractivity (Wildman–Crippen MR) is 140 cm³/mol. The lowest BCUT2D eigenvalue weighted by Gasteiger charge is -2.23. The number of benzene rings is 1. The third-order valence-electron chi connectivity index (χ3n) is 7.59. The number of aryl methyl sites for hydroxylation is 3. The van der Waals surface area contributed by atoms with Crippen LogP contribution in [0.4, 0.5) is 0 Å². The summed E-state index contributed by atoms with van der Waals surface area (Å²) < 4.78 is 12.2. The second-order valence-electron chi connectivity index (χ2n) is 9.88. The van der Waals surface area contributed by atoms with Crippen LogP contribution in [0.5, 0.6) is 5.75 Å². The van der Waals surface area contributed by atoms with E-state index in [1.807, 2.05) is 11.3 Å². The Balaban J connectivity index is 1.14. The zero-order valence-corrected chi connectivity index (χ0v) is 20.8. The predicted octanol–water partition coefficient (Wildman–Crippen LogP) is 6.13. The van der Waals surface area contributed by atoms with Crippen molar-refractivity contribution in [2.75, 3.05) is 13.1 Å². The Bertz CT molecular complexity index is 1240. The van der Waals surface area contributed by atoms with Crippen LogP contribution >= 0.6 is 11.3 Å². The Labute approximate surface area is 205 Å². The molecule has 1 aliphatic heterocycles. The molecule has 0 bridgehead atoms. The van der Waals surface area contributed by atoms with Gasteiger partial charge in [-0.25, -0.2) is 4.98 Å². The number of nitrogens with one attached hydrogen (secondary N) is 1. The summed E-state index contributed by atoms with van der Waals surface area (Å²) in [5, 5.41) is 5.57. The molecule has 2 fully saturated rings. The zero-order chi connectivity index (χ0) is 22.9. The lowest BCUT2D eigenvalue weighted by molar-refractivity contribution is 0.162. The standard InChI is InChI=1S/C28H34N4OS/c1-31-25-13-17-34-27(25)18-26(31)28-30-24(21-5-2-6-21)19-32(28)16-3-4-20-7-9-22(10-8-20)33-23-11-14-29-15-12-23/h7-10,13,17-19,21,23,29H,2-6,11-12,14-16H2,1H3. The summed E-state index contributed by atoms with van der Waals surface area (Å²) in [5.74, 6) is 2.77. The molecule has 1 aliphatic carbocycles. The molecule has 0 unspecified atom stereocenters. The minimum atomic E-state index is 0.351. The van der Waals surface area contributed by atoms with E-state index in [-0.39, 0.29) is 0 Å². The number of nitrogens with zero attached hydrogens (tertiary/aromatic N) is 3. The summed E-state index contributed by atoms with van der Waals surface area (Å²) in [7, 11) is 2.17. The first-order valence-electron chi connectivity index (χ1n) is 12.8. The number of aromatic nitrogens is 3. The van der Waals surface area contributed by atoms with Gasteiger partial charge in [0.1, 0.15) is 11.9 Å². The molecular weight excluding hydrogens is 440 g/mol. The molecule has 1 saturated carbocycles. The summed E-state index contributed by atoms with van der Waals surface area (Å²) in [4.78, 5) is 5.16. The Morgan fingerprint density at radius 2 is 1.91 bits per heavy atom. The normalized spacial score (nSPS) is 17.3. The van der Waals surface area contributed by atoms with E-state index in [4.69, 9.17) is 9.72 Å². The highest BCUT2D eigenvalue weighted by molar-refractivity contribution is 7.17. The van der Waals surface area contributed by atoms with Gasteiger partial charge in [-0.05, 0) is 86.8 Å². The number of rotatable bonds is 8. The van der Waals surface area contributed by atoms with Gasteiger partial charge in [0.15, 0.2) is 5.82 Å². The number of imidazole rings is 1. The molecule has 1 aromatic carbocycles. The molecule has 6 rings (SSSR count). The van der Waals surface area contributed by atoms with Gasteiger partial charge in [-0.1, -0.05) is 18.6 Å². The van der Waals surface area contributed by atoms with Crippen molar-refractivity contribution in [3.8, 4) is 17.3 Å². The summed E-state index contributed by atoms with van der Waals surface area (Å²) in [6.45, 7) is 3.10. The fourth-order valence-corrected chi connectivity index (χ4v) is 6.12. The van der Waals surface area contributed by atoms with Crippen molar-refractivity contribution in [2.45, 2.75) is 63.5 Å². The van der Waals surface area contributed by atoms with Crippen molar-refractivity contribution < 1.29 is 4.74 Å². The van der Waals surface area contributed by atoms with E-state index < -0.39 is 0 Å². The van der Waals surface area contributed by atoms with Gasteiger partial charge in [0.2, 0.25) is 0 Å². The largest absolute Gasteiger partial charge is 0.490 e. The maximum absolute atomic E-state index is 6.17. The number of ether oxygens (including phenoxy) is 1. The number of hydrogen-bond donors (Lipinski definition) is 1. The number of hydrogen-bond acceptors (Lipinski definition) is 4. The van der Waals surface area contributed by atoms with Gasteiger partial charge in [-0.3, -0.25) is 0 Å². The molecule has 5 nitrogen and oxygen atoms in total. The molecule has 4 aromatic rings. The van der Waals surface area contributed by atoms with E-state index >= 15 is 0 Å². The van der Waals surface area contributed by atoms with E-state index in [0.717, 1.165) is 56.9 Å². The van der Waals surface area contributed by atoms with Gasteiger partial charge in [0, 0.05) is 25.7 Å². The first-order valence-corrected chi connectivity index (χ1v) is 13.7. The highest BCUT2D eigenvalue weighted by Gasteiger charge is 2.25. The topological polar surface area (TPSA) is 44.0 Å². The third kappa shape index (κ3) is 4.41. The van der Waals surface area contributed by atoms with Gasteiger partial charge in [-0.2, -0.15) is 0 Å². The summed E-state index contributed by atoms with van der Waals surface area (Å²) >= 11 is 1.81. The molecule has 0 amide bonds. The summed E-state index contributed by atoms with van der Waals surface area (Å²) in [6.07, 6.45) is 10.9. The molecule has 1 N–H and O–H groups in total. The highest BCUT2D eigenvalue weighted by Crippen LogP contribution is 2.38. The Kier molecular flexibility index (Phi) is 6.18. The maximum atomic E-state index is 6.17. The SMILES string of the molecule is Cn1c(-c2nc(C3CCC3)cn2CCCc2ccc(OC3CCNCC3)cc2)cc2sccc21. The fourth-order valence-electron chi connectivity index (χ4n) is 5.27. The average molecular weight is 475 g/mol. The van der Waals surface area contributed by atoms with Crippen molar-refractivity contribution in [3.05, 3.63) is 59.2 Å². The van der Waals surface area contributed by atoms with Gasteiger partial charge in [0.05, 0.1) is 21.6 Å². The highest BCUT2D eigenvalue weighted by atomic mass is 32.1. The van der Waals surface area contributed by atoms with Gasteiger partial charge < -0.3 is 19.2 Å². The summed E-state index contributed by atoms with van der Waals surface area (Å²) in [6, 6.07) is 13.3. The molecule has 4 heterocycles. The van der Waals surface area contributed by atoms with Crippen molar-refractivity contribution in [3.63, 3.8) is 0 Å². The molecule has 0 radical (unpaired) electrons. The van der Waals surface area contributed by atoms with Crippen LogP contribution in [-0.4, -0.2) is 33.3 Å². The minimum absolute atomic E-state index is 0.351. The van der Waals surface area contributed by atoms with Crippen molar-refractivity contribution in [1.29, 1.82) is 0 Å². The van der Waals surface area contributed by atoms with Crippen LogP contribution in [0.1, 0.15) is 55.7 Å².